The maximum Gasteiger partial charge on any atom is 0.472 e. The molecule has 0 fully saturated rings. The molecule has 0 aliphatic rings. The van der Waals surface area contributed by atoms with Crippen LogP contribution in [0.2, 0.25) is 0 Å². The molecular weight excluding hydrogens is 1330 g/mol. The number of rotatable bonds is 80. The number of unbranched alkanes of at least 4 members (excludes halogenated alkanes) is 46. The molecule has 0 saturated carbocycles. The first kappa shape index (κ1) is 100. The van der Waals surface area contributed by atoms with Gasteiger partial charge in [0.25, 0.3) is 0 Å². The molecule has 0 aliphatic heterocycles. The predicted molar refractivity (Wildman–Crippen MR) is 418 cm³/mol. The van der Waals surface area contributed by atoms with Gasteiger partial charge in [-0.3, -0.25) is 37.3 Å². The van der Waals surface area contributed by atoms with E-state index in [9.17, 15) is 43.2 Å². The van der Waals surface area contributed by atoms with E-state index in [0.717, 1.165) is 114 Å². The van der Waals surface area contributed by atoms with Crippen molar-refractivity contribution < 1.29 is 80.2 Å². The highest BCUT2D eigenvalue weighted by molar-refractivity contribution is 7.47. The Morgan fingerprint density at radius 3 is 0.608 bits per heavy atom. The Morgan fingerprint density at radius 2 is 0.412 bits per heavy atom. The molecular formula is C83H162O17P2. The number of carbonyl (C=O) groups is 4. The minimum Gasteiger partial charge on any atom is -0.462 e. The van der Waals surface area contributed by atoms with E-state index >= 15 is 0 Å². The second kappa shape index (κ2) is 72.0. The minimum absolute atomic E-state index is 0.107. The van der Waals surface area contributed by atoms with Crippen LogP contribution in [0, 0.1) is 23.7 Å². The lowest BCUT2D eigenvalue weighted by Crippen LogP contribution is -2.30. The lowest BCUT2D eigenvalue weighted by molar-refractivity contribution is -0.161. The zero-order valence-electron chi connectivity index (χ0n) is 67.2. The van der Waals surface area contributed by atoms with Crippen molar-refractivity contribution in [2.24, 2.45) is 23.7 Å². The molecule has 3 N–H and O–H groups in total. The van der Waals surface area contributed by atoms with E-state index in [1.165, 1.54) is 225 Å². The molecule has 102 heavy (non-hydrogen) atoms. The average Bonchev–Trinajstić information content (AvgIpc) is 0.910. The summed E-state index contributed by atoms with van der Waals surface area (Å²) in [4.78, 5) is 73.1. The van der Waals surface area contributed by atoms with Crippen molar-refractivity contribution >= 4 is 39.5 Å². The normalized spacial score (nSPS) is 14.0. The van der Waals surface area contributed by atoms with Gasteiger partial charge >= 0.3 is 39.5 Å². The zero-order chi connectivity index (χ0) is 75.3. The summed E-state index contributed by atoms with van der Waals surface area (Å²) in [6, 6.07) is 0. The Kier molecular flexibility index (Phi) is 70.6. The van der Waals surface area contributed by atoms with Gasteiger partial charge in [-0.25, -0.2) is 9.13 Å². The Bertz CT molecular complexity index is 1990. The molecule has 3 unspecified atom stereocenters. The second-order valence-electron chi connectivity index (χ2n) is 31.8. The second-order valence-corrected chi connectivity index (χ2v) is 34.7. The number of aliphatic hydroxyl groups is 1. The Morgan fingerprint density at radius 1 is 0.245 bits per heavy atom. The van der Waals surface area contributed by atoms with E-state index in [0.29, 0.717) is 31.6 Å². The standard InChI is InChI=1S/C83H162O17P2/c1-73(2)59-51-43-35-28-22-16-11-9-10-12-19-26-32-40-49-57-65-83(88)100-79(70-94-81(86)64-56-48-42-34-38-46-54-62-76(7)8)72-98-102(91,92)96-68-77(84)67-95-101(89,90)97-71-78(69-93-80(85)63-55-47-39-31-25-21-15-18-24-30-37-45-53-61-75(5)6)99-82(87)66-58-50-41-33-27-20-14-13-17-23-29-36-44-52-60-74(3)4/h73-79,84H,9-72H2,1-8H3,(H,89,90)(H,91,92)/t77?,78-,79-/m1/s1. The molecule has 0 spiro atoms. The van der Waals surface area contributed by atoms with E-state index < -0.39 is 97.5 Å². The minimum atomic E-state index is -4.96. The van der Waals surface area contributed by atoms with Crippen molar-refractivity contribution in [1.29, 1.82) is 0 Å². The summed E-state index contributed by atoms with van der Waals surface area (Å²) in [5.74, 6) is 0.989. The van der Waals surface area contributed by atoms with Gasteiger partial charge < -0.3 is 33.8 Å². The molecule has 17 nitrogen and oxygen atoms in total. The number of aliphatic hydroxyl groups excluding tert-OH is 1. The topological polar surface area (TPSA) is 237 Å². The highest BCUT2D eigenvalue weighted by atomic mass is 31.2. The van der Waals surface area contributed by atoms with Crippen LogP contribution in [0.15, 0.2) is 0 Å². The molecule has 606 valence electrons. The smallest absolute Gasteiger partial charge is 0.462 e. The van der Waals surface area contributed by atoms with Gasteiger partial charge in [-0.15, -0.1) is 0 Å². The summed E-state index contributed by atoms with van der Waals surface area (Å²) < 4.78 is 68.8. The summed E-state index contributed by atoms with van der Waals surface area (Å²) in [5.41, 5.74) is 0. The van der Waals surface area contributed by atoms with Crippen LogP contribution in [0.25, 0.3) is 0 Å². The Labute approximate surface area is 626 Å². The maximum atomic E-state index is 13.1. The molecule has 0 heterocycles. The first-order valence-corrected chi connectivity index (χ1v) is 45.7. The van der Waals surface area contributed by atoms with Crippen molar-refractivity contribution in [2.45, 2.75) is 446 Å². The van der Waals surface area contributed by atoms with Gasteiger partial charge in [-0.1, -0.05) is 376 Å². The number of phosphoric ester groups is 2. The highest BCUT2D eigenvalue weighted by Crippen LogP contribution is 2.45. The monoisotopic (exact) mass is 1490 g/mol. The van der Waals surface area contributed by atoms with Crippen LogP contribution in [-0.4, -0.2) is 96.7 Å². The van der Waals surface area contributed by atoms with Crippen LogP contribution < -0.4 is 0 Å². The van der Waals surface area contributed by atoms with E-state index in [1.807, 2.05) is 0 Å². The quantitative estimate of drug-likeness (QED) is 0.0222. The fourth-order valence-corrected chi connectivity index (χ4v) is 14.4. The van der Waals surface area contributed by atoms with Crippen LogP contribution >= 0.6 is 15.6 Å². The summed E-state index contributed by atoms with van der Waals surface area (Å²) in [7, 11) is -9.93. The summed E-state index contributed by atoms with van der Waals surface area (Å²) in [5, 5.41) is 10.7. The maximum absolute atomic E-state index is 13.1. The Hall–Kier alpha value is -1.94. The van der Waals surface area contributed by atoms with Gasteiger partial charge in [0.1, 0.15) is 19.3 Å². The van der Waals surface area contributed by atoms with Crippen molar-refractivity contribution in [3.8, 4) is 0 Å². The largest absolute Gasteiger partial charge is 0.472 e. The fourth-order valence-electron chi connectivity index (χ4n) is 12.8. The number of hydrogen-bond acceptors (Lipinski definition) is 15. The Balaban J connectivity index is 5.23. The van der Waals surface area contributed by atoms with E-state index in [2.05, 4.69) is 55.4 Å². The van der Waals surface area contributed by atoms with Gasteiger partial charge in [0.2, 0.25) is 0 Å². The summed E-state index contributed by atoms with van der Waals surface area (Å²) in [6.07, 6.45) is 59.7. The number of esters is 4. The van der Waals surface area contributed by atoms with Crippen molar-refractivity contribution in [3.63, 3.8) is 0 Å². The molecule has 0 bridgehead atoms. The molecule has 19 heteroatoms. The molecule has 0 aromatic heterocycles. The van der Waals surface area contributed by atoms with Crippen molar-refractivity contribution in [3.05, 3.63) is 0 Å². The summed E-state index contributed by atoms with van der Waals surface area (Å²) in [6.45, 7) is 14.3. The first-order chi connectivity index (χ1) is 49.1. The third kappa shape index (κ3) is 76.3. The first-order valence-electron chi connectivity index (χ1n) is 42.7. The van der Waals surface area contributed by atoms with Gasteiger partial charge in [0.05, 0.1) is 26.4 Å². The molecule has 0 saturated heterocycles. The van der Waals surface area contributed by atoms with Gasteiger partial charge in [0, 0.05) is 25.7 Å². The van der Waals surface area contributed by atoms with Crippen molar-refractivity contribution in [1.82, 2.24) is 0 Å². The number of carbonyl (C=O) groups excluding carboxylic acids is 4. The van der Waals surface area contributed by atoms with Crippen LogP contribution in [-0.2, 0) is 65.4 Å². The molecule has 5 atom stereocenters. The van der Waals surface area contributed by atoms with Crippen LogP contribution in [0.1, 0.15) is 428 Å². The number of phosphoric acid groups is 2. The van der Waals surface area contributed by atoms with E-state index in [4.69, 9.17) is 37.0 Å². The molecule has 0 aliphatic carbocycles. The van der Waals surface area contributed by atoms with Crippen LogP contribution in [0.5, 0.6) is 0 Å². The van der Waals surface area contributed by atoms with Crippen LogP contribution in [0.4, 0.5) is 0 Å². The predicted octanol–water partition coefficient (Wildman–Crippen LogP) is 24.8. The summed E-state index contributed by atoms with van der Waals surface area (Å²) >= 11 is 0. The van der Waals surface area contributed by atoms with E-state index in [-0.39, 0.29) is 25.7 Å². The molecule has 0 aromatic rings. The van der Waals surface area contributed by atoms with Crippen LogP contribution in [0.3, 0.4) is 0 Å². The SMILES string of the molecule is CC(C)CCCCCCCCCCCCCCCCCCC(=O)O[C@H](COC(=O)CCCCCCCCCC(C)C)COP(=O)(O)OCC(O)COP(=O)(O)OC[C@@H](COC(=O)CCCCCCCCCCCCCCCC(C)C)OC(=O)CCCCCCCCCCCCCCCCC(C)C. The molecule has 0 aromatic carbocycles. The van der Waals surface area contributed by atoms with Gasteiger partial charge in [-0.05, 0) is 49.4 Å². The molecule has 0 radical (unpaired) electrons. The lowest BCUT2D eigenvalue weighted by atomic mass is 10.0. The highest BCUT2D eigenvalue weighted by Gasteiger charge is 2.30. The third-order valence-corrected chi connectivity index (χ3v) is 21.2. The van der Waals surface area contributed by atoms with Gasteiger partial charge in [-0.2, -0.15) is 0 Å². The van der Waals surface area contributed by atoms with E-state index in [1.54, 1.807) is 0 Å². The van der Waals surface area contributed by atoms with Crippen molar-refractivity contribution in [2.75, 3.05) is 39.6 Å². The third-order valence-electron chi connectivity index (χ3n) is 19.3. The zero-order valence-corrected chi connectivity index (χ0v) is 69.0. The molecule has 0 amide bonds. The number of hydrogen-bond donors (Lipinski definition) is 3. The van der Waals surface area contributed by atoms with Gasteiger partial charge in [0.15, 0.2) is 12.2 Å². The average molecular weight is 1490 g/mol. The number of ether oxygens (including phenoxy) is 4. The molecule has 0 rings (SSSR count). The fraction of sp³-hybridized carbons (Fsp3) is 0.952. The lowest BCUT2D eigenvalue weighted by Gasteiger charge is -2.21.